The van der Waals surface area contributed by atoms with Crippen molar-refractivity contribution in [3.63, 3.8) is 0 Å². The molecule has 0 amide bonds. The highest BCUT2D eigenvalue weighted by atomic mass is 32.1. The molecule has 1 fully saturated rings. The fraction of sp³-hybridized carbons (Fsp3) is 0.562. The number of nitrogens with zero attached hydrogens (tertiary/aromatic N) is 1. The van der Waals surface area contributed by atoms with Gasteiger partial charge in [-0.1, -0.05) is 25.7 Å². The lowest BCUT2D eigenvalue weighted by Crippen LogP contribution is -2.14. The van der Waals surface area contributed by atoms with Crippen LogP contribution in [-0.4, -0.2) is 22.5 Å². The van der Waals surface area contributed by atoms with Crippen molar-refractivity contribution in [1.82, 2.24) is 9.97 Å². The number of H-pyrrole nitrogens is 1. The normalized spacial score (nSPS) is 15.5. The Bertz CT molecular complexity index is 757. The first-order chi connectivity index (χ1) is 10.6. The van der Waals surface area contributed by atoms with Crippen molar-refractivity contribution in [3.8, 4) is 0 Å². The summed E-state index contributed by atoms with van der Waals surface area (Å²) in [5, 5.41) is 0.517. The van der Waals surface area contributed by atoms with Crippen molar-refractivity contribution in [2.75, 3.05) is 6.61 Å². The zero-order chi connectivity index (χ0) is 15.7. The summed E-state index contributed by atoms with van der Waals surface area (Å²) >= 11 is 1.25. The second-order valence-electron chi connectivity index (χ2n) is 5.82. The Morgan fingerprint density at radius 3 is 2.82 bits per heavy atom. The zero-order valence-corrected chi connectivity index (χ0v) is 13.7. The van der Waals surface area contributed by atoms with Crippen LogP contribution in [0.5, 0.6) is 0 Å². The fourth-order valence-electron chi connectivity index (χ4n) is 3.16. The summed E-state index contributed by atoms with van der Waals surface area (Å²) in [6, 6.07) is 0. The number of carbonyl (C=O) groups is 1. The molecule has 0 aromatic carbocycles. The topological polar surface area (TPSA) is 72.0 Å². The summed E-state index contributed by atoms with van der Waals surface area (Å²) in [7, 11) is 0. The largest absolute Gasteiger partial charge is 0.462 e. The van der Waals surface area contributed by atoms with Crippen molar-refractivity contribution in [2.24, 2.45) is 5.92 Å². The Hall–Kier alpha value is -1.69. The molecular weight excluding hydrogens is 300 g/mol. The molecule has 0 aliphatic heterocycles. The van der Waals surface area contributed by atoms with Gasteiger partial charge < -0.3 is 9.72 Å². The molecular formula is C16H20N2O3S. The molecule has 0 spiro atoms. The third-order valence-corrected chi connectivity index (χ3v) is 5.43. The first kappa shape index (κ1) is 15.2. The summed E-state index contributed by atoms with van der Waals surface area (Å²) in [5.74, 6) is 0.979. The number of aryl methyl sites for hydroxylation is 1. The van der Waals surface area contributed by atoms with E-state index in [0.29, 0.717) is 33.2 Å². The van der Waals surface area contributed by atoms with E-state index in [0.717, 1.165) is 12.2 Å². The predicted octanol–water partition coefficient (Wildman–Crippen LogP) is 3.20. The highest BCUT2D eigenvalue weighted by Gasteiger charge is 2.21. The molecule has 0 atom stereocenters. The van der Waals surface area contributed by atoms with Crippen LogP contribution in [0.25, 0.3) is 10.2 Å². The summed E-state index contributed by atoms with van der Waals surface area (Å²) in [6.45, 7) is 3.87. The summed E-state index contributed by atoms with van der Waals surface area (Å²) in [5.41, 5.74) is 0.516. The van der Waals surface area contributed by atoms with Crippen LogP contribution in [0, 0.1) is 12.8 Å². The molecule has 3 rings (SSSR count). The van der Waals surface area contributed by atoms with E-state index in [1.807, 2.05) is 0 Å². The minimum absolute atomic E-state index is 0.151. The number of hydrogen-bond donors (Lipinski definition) is 1. The third-order valence-electron chi connectivity index (χ3n) is 4.27. The van der Waals surface area contributed by atoms with E-state index in [-0.39, 0.29) is 11.5 Å². The third kappa shape index (κ3) is 2.79. The quantitative estimate of drug-likeness (QED) is 0.878. The van der Waals surface area contributed by atoms with Gasteiger partial charge in [0.15, 0.2) is 0 Å². The number of rotatable bonds is 4. The molecule has 1 saturated carbocycles. The van der Waals surface area contributed by atoms with Crippen molar-refractivity contribution >= 4 is 27.5 Å². The lowest BCUT2D eigenvalue weighted by atomic mass is 10.0. The van der Waals surface area contributed by atoms with Crippen LogP contribution in [0.15, 0.2) is 4.79 Å². The molecule has 118 valence electrons. The van der Waals surface area contributed by atoms with Gasteiger partial charge in [-0.15, -0.1) is 11.3 Å². The SMILES string of the molecule is CCOC(=O)c1sc2nc(CC3CCCC3)[nH]c(=O)c2c1C. The van der Waals surface area contributed by atoms with Gasteiger partial charge in [-0.3, -0.25) is 4.79 Å². The number of ether oxygens (including phenoxy) is 1. The van der Waals surface area contributed by atoms with Gasteiger partial charge in [0.1, 0.15) is 15.5 Å². The molecule has 0 saturated heterocycles. The second kappa shape index (κ2) is 6.20. The molecule has 0 radical (unpaired) electrons. The Morgan fingerprint density at radius 2 is 2.14 bits per heavy atom. The average Bonchev–Trinajstić information content (AvgIpc) is 3.07. The van der Waals surface area contributed by atoms with E-state index in [4.69, 9.17) is 4.74 Å². The number of carbonyl (C=O) groups excluding carboxylic acids is 1. The maximum absolute atomic E-state index is 12.3. The minimum atomic E-state index is -0.375. The summed E-state index contributed by atoms with van der Waals surface area (Å²) in [4.78, 5) is 32.9. The summed E-state index contributed by atoms with van der Waals surface area (Å²) < 4.78 is 5.05. The maximum atomic E-state index is 12.3. The number of nitrogens with one attached hydrogen (secondary N) is 1. The van der Waals surface area contributed by atoms with Crippen LogP contribution >= 0.6 is 11.3 Å². The Balaban J connectivity index is 1.99. The highest BCUT2D eigenvalue weighted by Crippen LogP contribution is 2.30. The van der Waals surface area contributed by atoms with Crippen LogP contribution < -0.4 is 5.56 Å². The smallest absolute Gasteiger partial charge is 0.348 e. The Morgan fingerprint density at radius 1 is 1.41 bits per heavy atom. The fourth-order valence-corrected chi connectivity index (χ4v) is 4.26. The lowest BCUT2D eigenvalue weighted by Gasteiger charge is -2.07. The van der Waals surface area contributed by atoms with Gasteiger partial charge in [0.25, 0.3) is 5.56 Å². The maximum Gasteiger partial charge on any atom is 0.348 e. The van der Waals surface area contributed by atoms with Crippen LogP contribution in [0.3, 0.4) is 0 Å². The molecule has 2 heterocycles. The van der Waals surface area contributed by atoms with Gasteiger partial charge >= 0.3 is 5.97 Å². The first-order valence-corrected chi connectivity index (χ1v) is 8.61. The van der Waals surface area contributed by atoms with Gasteiger partial charge in [-0.05, 0) is 25.3 Å². The van der Waals surface area contributed by atoms with Crippen molar-refractivity contribution in [2.45, 2.75) is 46.0 Å². The van der Waals surface area contributed by atoms with E-state index in [1.54, 1.807) is 13.8 Å². The van der Waals surface area contributed by atoms with Gasteiger partial charge in [0.05, 0.1) is 12.0 Å². The van der Waals surface area contributed by atoms with E-state index in [9.17, 15) is 9.59 Å². The molecule has 5 nitrogen and oxygen atoms in total. The van der Waals surface area contributed by atoms with Crippen LogP contribution in [0.1, 0.15) is 53.7 Å². The molecule has 1 aliphatic rings. The Kier molecular flexibility index (Phi) is 4.29. The number of aromatic amines is 1. The van der Waals surface area contributed by atoms with E-state index < -0.39 is 0 Å². The molecule has 0 bridgehead atoms. The minimum Gasteiger partial charge on any atom is -0.462 e. The molecule has 2 aromatic heterocycles. The zero-order valence-electron chi connectivity index (χ0n) is 12.9. The number of hydrogen-bond acceptors (Lipinski definition) is 5. The first-order valence-electron chi connectivity index (χ1n) is 7.79. The van der Waals surface area contributed by atoms with Crippen molar-refractivity contribution < 1.29 is 9.53 Å². The summed E-state index contributed by atoms with van der Waals surface area (Å²) in [6.07, 6.45) is 5.76. The number of fused-ring (bicyclic) bond motifs is 1. The van der Waals surface area contributed by atoms with E-state index >= 15 is 0 Å². The molecule has 0 unspecified atom stereocenters. The number of esters is 1. The molecule has 1 N–H and O–H groups in total. The second-order valence-corrected chi connectivity index (χ2v) is 6.82. The number of aromatic nitrogens is 2. The highest BCUT2D eigenvalue weighted by molar-refractivity contribution is 7.20. The lowest BCUT2D eigenvalue weighted by molar-refractivity contribution is 0.0531. The molecule has 1 aliphatic carbocycles. The van der Waals surface area contributed by atoms with Crippen molar-refractivity contribution in [1.29, 1.82) is 0 Å². The molecule has 22 heavy (non-hydrogen) atoms. The number of thiophene rings is 1. The average molecular weight is 320 g/mol. The van der Waals surface area contributed by atoms with E-state index in [2.05, 4.69) is 9.97 Å². The monoisotopic (exact) mass is 320 g/mol. The van der Waals surface area contributed by atoms with Gasteiger partial charge in [0.2, 0.25) is 0 Å². The van der Waals surface area contributed by atoms with Crippen LogP contribution in [0.2, 0.25) is 0 Å². The Labute approximate surface area is 132 Å². The molecule has 6 heteroatoms. The van der Waals surface area contributed by atoms with Gasteiger partial charge in [0, 0.05) is 6.42 Å². The van der Waals surface area contributed by atoms with Gasteiger partial charge in [-0.2, -0.15) is 0 Å². The van der Waals surface area contributed by atoms with Crippen molar-refractivity contribution in [3.05, 3.63) is 26.6 Å². The van der Waals surface area contributed by atoms with Gasteiger partial charge in [-0.25, -0.2) is 9.78 Å². The van der Waals surface area contributed by atoms with Crippen LogP contribution in [0.4, 0.5) is 0 Å². The standard InChI is InChI=1S/C16H20N2O3S/c1-3-21-16(20)13-9(2)12-14(19)17-11(18-15(12)22-13)8-10-6-4-5-7-10/h10H,3-8H2,1-2H3,(H,17,18,19). The van der Waals surface area contributed by atoms with E-state index in [1.165, 1.54) is 37.0 Å². The molecule has 2 aromatic rings. The van der Waals surface area contributed by atoms with Crippen LogP contribution in [-0.2, 0) is 11.2 Å². The predicted molar refractivity (Wildman–Crippen MR) is 86.6 cm³/mol.